The van der Waals surface area contributed by atoms with Crippen LogP contribution in [0.1, 0.15) is 56.5 Å². The Morgan fingerprint density at radius 3 is 2.94 bits per heavy atom. The van der Waals surface area contributed by atoms with Gasteiger partial charge >= 0.3 is 0 Å². The maximum atomic E-state index is 5.29. The molecule has 3 heteroatoms. The molecule has 2 nitrogen and oxygen atoms in total. The van der Waals surface area contributed by atoms with Crippen LogP contribution in [0.5, 0.6) is 0 Å². The summed E-state index contributed by atoms with van der Waals surface area (Å²) in [5, 5.41) is 0. The van der Waals surface area contributed by atoms with Crippen molar-refractivity contribution in [3.05, 3.63) is 22.2 Å². The number of nitrogens with one attached hydrogen (secondary N) is 1. The summed E-state index contributed by atoms with van der Waals surface area (Å²) in [6, 6.07) is 2.02. The van der Waals surface area contributed by atoms with Crippen molar-refractivity contribution >= 4 is 12.2 Å². The lowest BCUT2D eigenvalue weighted by atomic mass is 9.88. The van der Waals surface area contributed by atoms with Gasteiger partial charge in [-0.2, -0.15) is 0 Å². The molecule has 3 unspecified atom stereocenters. The summed E-state index contributed by atoms with van der Waals surface area (Å²) in [7, 11) is 0. The first kappa shape index (κ1) is 11.4. The number of aryl methyl sites for hydroxylation is 1. The molecule has 0 aromatic carbocycles. The van der Waals surface area contributed by atoms with Gasteiger partial charge in [0.15, 0.2) is 0 Å². The molecule has 1 heterocycles. The van der Waals surface area contributed by atoms with Gasteiger partial charge in [0.2, 0.25) is 0 Å². The molecular formula is C14H20N2S. The van der Waals surface area contributed by atoms with Crippen LogP contribution in [-0.2, 0) is 6.42 Å². The zero-order valence-corrected chi connectivity index (χ0v) is 11.2. The van der Waals surface area contributed by atoms with Gasteiger partial charge in [0.1, 0.15) is 10.5 Å². The fraction of sp³-hybridized carbons (Fsp3) is 0.714. The monoisotopic (exact) mass is 248 g/mol. The SMILES string of the molecule is CCCc1cc(=S)nc(C2CC3CCC2C3)[nH]1. The first-order chi connectivity index (χ1) is 8.26. The minimum Gasteiger partial charge on any atom is -0.347 e. The van der Waals surface area contributed by atoms with E-state index in [0.29, 0.717) is 5.92 Å². The van der Waals surface area contributed by atoms with Crippen LogP contribution in [-0.4, -0.2) is 9.97 Å². The standard InChI is InChI=1S/C14H20N2S/c1-2-3-11-8-13(17)16-14(15-11)12-7-9-4-5-10(12)6-9/h8-10,12H,2-7H2,1H3,(H,15,16,17). The molecule has 3 rings (SSSR count). The lowest BCUT2D eigenvalue weighted by molar-refractivity contribution is 0.404. The van der Waals surface area contributed by atoms with Crippen molar-refractivity contribution in [3.8, 4) is 0 Å². The molecule has 17 heavy (non-hydrogen) atoms. The number of hydrogen-bond donors (Lipinski definition) is 1. The Hall–Kier alpha value is -0.700. The van der Waals surface area contributed by atoms with E-state index < -0.39 is 0 Å². The highest BCUT2D eigenvalue weighted by Gasteiger charge is 2.41. The maximum absolute atomic E-state index is 5.29. The number of hydrogen-bond acceptors (Lipinski definition) is 2. The second-order valence-electron chi connectivity index (χ2n) is 5.66. The van der Waals surface area contributed by atoms with Gasteiger partial charge in [-0.1, -0.05) is 32.0 Å². The molecule has 2 bridgehead atoms. The van der Waals surface area contributed by atoms with Gasteiger partial charge in [0.05, 0.1) is 0 Å². The van der Waals surface area contributed by atoms with Gasteiger partial charge in [0, 0.05) is 11.6 Å². The highest BCUT2D eigenvalue weighted by molar-refractivity contribution is 7.71. The van der Waals surface area contributed by atoms with E-state index in [0.717, 1.165) is 29.3 Å². The highest BCUT2D eigenvalue weighted by atomic mass is 32.1. The van der Waals surface area contributed by atoms with Crippen molar-refractivity contribution in [1.82, 2.24) is 9.97 Å². The molecule has 3 atom stereocenters. The summed E-state index contributed by atoms with van der Waals surface area (Å²) in [6.45, 7) is 2.20. The molecule has 0 amide bonds. The average molecular weight is 248 g/mol. The Morgan fingerprint density at radius 1 is 1.41 bits per heavy atom. The van der Waals surface area contributed by atoms with Crippen molar-refractivity contribution < 1.29 is 0 Å². The molecule has 0 radical (unpaired) electrons. The summed E-state index contributed by atoms with van der Waals surface area (Å²) in [5.41, 5.74) is 1.27. The predicted molar refractivity (Wildman–Crippen MR) is 71.6 cm³/mol. The maximum Gasteiger partial charge on any atom is 0.129 e. The molecule has 2 saturated carbocycles. The summed E-state index contributed by atoms with van der Waals surface area (Å²) in [4.78, 5) is 8.11. The Labute approximate surface area is 108 Å². The normalized spacial score (nSPS) is 31.0. The third-order valence-corrected chi connectivity index (χ3v) is 4.63. The fourth-order valence-electron chi connectivity index (χ4n) is 3.69. The van der Waals surface area contributed by atoms with E-state index >= 15 is 0 Å². The molecule has 2 aliphatic carbocycles. The van der Waals surface area contributed by atoms with Gasteiger partial charge < -0.3 is 4.98 Å². The molecule has 2 fully saturated rings. The van der Waals surface area contributed by atoms with Gasteiger partial charge in [-0.25, -0.2) is 4.98 Å². The average Bonchev–Trinajstić information content (AvgIpc) is 2.90. The second-order valence-corrected chi connectivity index (χ2v) is 6.08. The third kappa shape index (κ3) is 2.17. The van der Waals surface area contributed by atoms with Crippen molar-refractivity contribution in [2.24, 2.45) is 11.8 Å². The molecule has 1 aromatic heterocycles. The zero-order chi connectivity index (χ0) is 11.8. The van der Waals surface area contributed by atoms with Gasteiger partial charge in [-0.3, -0.25) is 0 Å². The molecule has 1 aromatic rings. The van der Waals surface area contributed by atoms with E-state index in [-0.39, 0.29) is 0 Å². The van der Waals surface area contributed by atoms with Gasteiger partial charge in [0.25, 0.3) is 0 Å². The van der Waals surface area contributed by atoms with E-state index in [9.17, 15) is 0 Å². The van der Waals surface area contributed by atoms with Crippen LogP contribution in [0.4, 0.5) is 0 Å². The second kappa shape index (κ2) is 4.52. The minimum atomic E-state index is 0.659. The number of H-pyrrole nitrogens is 1. The van der Waals surface area contributed by atoms with Crippen molar-refractivity contribution in [2.75, 3.05) is 0 Å². The first-order valence-corrected chi connectivity index (χ1v) is 7.27. The Morgan fingerprint density at radius 2 is 2.29 bits per heavy atom. The van der Waals surface area contributed by atoms with Crippen LogP contribution in [0.2, 0.25) is 0 Å². The molecule has 2 aliphatic rings. The summed E-state index contributed by atoms with van der Waals surface area (Å²) in [6.07, 6.45) is 7.83. The van der Waals surface area contributed by atoms with Crippen LogP contribution < -0.4 is 0 Å². The Balaban J connectivity index is 1.89. The summed E-state index contributed by atoms with van der Waals surface area (Å²) in [5.74, 6) is 3.67. The van der Waals surface area contributed by atoms with Crippen LogP contribution >= 0.6 is 12.2 Å². The lowest BCUT2D eigenvalue weighted by Crippen LogP contribution is -2.13. The van der Waals surface area contributed by atoms with E-state index in [1.165, 1.54) is 37.2 Å². The van der Waals surface area contributed by atoms with Crippen molar-refractivity contribution in [1.29, 1.82) is 0 Å². The van der Waals surface area contributed by atoms with Crippen LogP contribution in [0.3, 0.4) is 0 Å². The first-order valence-electron chi connectivity index (χ1n) is 6.86. The molecular weight excluding hydrogens is 228 g/mol. The van der Waals surface area contributed by atoms with Crippen LogP contribution in [0.25, 0.3) is 0 Å². The molecule has 92 valence electrons. The minimum absolute atomic E-state index is 0.659. The van der Waals surface area contributed by atoms with Gasteiger partial charge in [-0.05, 0) is 43.6 Å². The Bertz CT molecular complexity index is 466. The molecule has 1 N–H and O–H groups in total. The third-order valence-electron chi connectivity index (χ3n) is 4.43. The highest BCUT2D eigenvalue weighted by Crippen LogP contribution is 2.52. The number of rotatable bonds is 3. The number of aromatic amines is 1. The van der Waals surface area contributed by atoms with E-state index in [1.807, 2.05) is 6.07 Å². The van der Waals surface area contributed by atoms with Crippen LogP contribution in [0.15, 0.2) is 6.07 Å². The topological polar surface area (TPSA) is 28.7 Å². The largest absolute Gasteiger partial charge is 0.347 e. The van der Waals surface area contributed by atoms with E-state index in [4.69, 9.17) is 12.2 Å². The molecule has 0 spiro atoms. The zero-order valence-electron chi connectivity index (χ0n) is 10.4. The molecule has 0 aliphatic heterocycles. The number of fused-ring (bicyclic) bond motifs is 2. The van der Waals surface area contributed by atoms with Gasteiger partial charge in [-0.15, -0.1) is 0 Å². The summed E-state index contributed by atoms with van der Waals surface area (Å²) < 4.78 is 0.768. The Kier molecular flexibility index (Phi) is 3.03. The van der Waals surface area contributed by atoms with E-state index in [1.54, 1.807) is 0 Å². The summed E-state index contributed by atoms with van der Waals surface area (Å²) >= 11 is 5.29. The van der Waals surface area contributed by atoms with Crippen LogP contribution in [0, 0.1) is 16.5 Å². The van der Waals surface area contributed by atoms with E-state index in [2.05, 4.69) is 16.9 Å². The fourth-order valence-corrected chi connectivity index (χ4v) is 3.93. The smallest absolute Gasteiger partial charge is 0.129 e. The quantitative estimate of drug-likeness (QED) is 0.819. The predicted octanol–water partition coefficient (Wildman–Crippen LogP) is 4.00. The lowest BCUT2D eigenvalue weighted by Gasteiger charge is -2.21. The van der Waals surface area contributed by atoms with Crippen molar-refractivity contribution in [3.63, 3.8) is 0 Å². The number of nitrogens with zero attached hydrogens (tertiary/aromatic N) is 1. The van der Waals surface area contributed by atoms with Crippen molar-refractivity contribution in [2.45, 2.75) is 51.4 Å². The molecule has 0 saturated heterocycles. The number of aromatic nitrogens is 2.